The van der Waals surface area contributed by atoms with Gasteiger partial charge in [-0.2, -0.15) is 0 Å². The molecule has 0 fully saturated rings. The van der Waals surface area contributed by atoms with Crippen molar-refractivity contribution < 1.29 is 23.8 Å². The predicted octanol–water partition coefficient (Wildman–Crippen LogP) is 3.12. The van der Waals surface area contributed by atoms with Crippen molar-refractivity contribution in [1.82, 2.24) is 15.0 Å². The molecule has 0 aliphatic carbocycles. The van der Waals surface area contributed by atoms with Gasteiger partial charge in [0.1, 0.15) is 60.1 Å². The van der Waals surface area contributed by atoms with Crippen LogP contribution >= 0.6 is 12.4 Å². The number of carbonyl (C=O) groups excluding carboxylic acids is 2. The van der Waals surface area contributed by atoms with E-state index >= 15 is 0 Å². The first-order valence-electron chi connectivity index (χ1n) is 13.9. The summed E-state index contributed by atoms with van der Waals surface area (Å²) >= 11 is 0. The molecule has 0 unspecified atom stereocenters. The zero-order chi connectivity index (χ0) is 30.9. The van der Waals surface area contributed by atoms with E-state index in [2.05, 4.69) is 25.6 Å². The van der Waals surface area contributed by atoms with Crippen molar-refractivity contribution in [3.8, 4) is 17.2 Å². The fourth-order valence-electron chi connectivity index (χ4n) is 4.35. The number of aromatic nitrogens is 3. The molecule has 0 saturated carbocycles. The van der Waals surface area contributed by atoms with Gasteiger partial charge in [-0.25, -0.2) is 15.0 Å². The third-order valence-electron chi connectivity index (χ3n) is 6.24. The summed E-state index contributed by atoms with van der Waals surface area (Å²) in [5, 5.41) is 7.02. The monoisotopic (exact) mass is 632 g/mol. The Morgan fingerprint density at radius 3 is 1.47 bits per heavy atom. The molecule has 0 atom stereocenters. The van der Waals surface area contributed by atoms with Crippen molar-refractivity contribution in [1.29, 1.82) is 0 Å². The van der Waals surface area contributed by atoms with Gasteiger partial charge in [0.05, 0.1) is 11.0 Å². The third-order valence-corrected chi connectivity index (χ3v) is 6.24. The molecule has 5 aromatic rings. The number of fused-ring (bicyclic) bond motifs is 2. The number of rotatable bonds is 13. The minimum Gasteiger partial charge on any atom is -0.492 e. The largest absolute Gasteiger partial charge is 0.492 e. The van der Waals surface area contributed by atoms with Gasteiger partial charge in [0, 0.05) is 54.7 Å². The van der Waals surface area contributed by atoms with Gasteiger partial charge in [-0.1, -0.05) is 24.3 Å². The smallest absolute Gasteiger partial charge is 0.275 e. The van der Waals surface area contributed by atoms with Crippen LogP contribution in [0.1, 0.15) is 21.0 Å². The zero-order valence-corrected chi connectivity index (χ0v) is 25.0. The van der Waals surface area contributed by atoms with E-state index in [9.17, 15) is 9.59 Å². The second-order valence-electron chi connectivity index (χ2n) is 9.44. The number of pyridine rings is 3. The van der Waals surface area contributed by atoms with E-state index in [0.29, 0.717) is 35.6 Å². The van der Waals surface area contributed by atoms with Crippen LogP contribution < -0.4 is 42.0 Å². The fraction of sp³-hybridized carbons (Fsp3) is 0.194. The van der Waals surface area contributed by atoms with E-state index in [-0.39, 0.29) is 67.5 Å². The number of hydrogen-bond acceptors (Lipinski definition) is 11. The Labute approximate surface area is 264 Å². The SMILES string of the molecule is Cl.NCCOc1cc(C(=O)Nc2cc(OCCN)c3ccccc3n2)nc(C(=O)Nc2cc(OCCN)c3ccccc3n2)c1. The highest BCUT2D eigenvalue weighted by atomic mass is 35.5. The second-order valence-corrected chi connectivity index (χ2v) is 9.44. The molecular weight excluding hydrogens is 600 g/mol. The highest BCUT2D eigenvalue weighted by molar-refractivity contribution is 6.07. The van der Waals surface area contributed by atoms with Crippen molar-refractivity contribution in [3.05, 3.63) is 84.2 Å². The Morgan fingerprint density at radius 1 is 0.600 bits per heavy atom. The summed E-state index contributed by atoms with van der Waals surface area (Å²) < 4.78 is 17.2. The quantitative estimate of drug-likeness (QED) is 0.128. The lowest BCUT2D eigenvalue weighted by molar-refractivity contribution is 0.101. The average Bonchev–Trinajstić information content (AvgIpc) is 3.04. The van der Waals surface area contributed by atoms with Crippen LogP contribution in [-0.4, -0.2) is 66.2 Å². The molecule has 45 heavy (non-hydrogen) atoms. The molecule has 0 radical (unpaired) electrons. The normalized spacial score (nSPS) is 10.6. The van der Waals surface area contributed by atoms with Gasteiger partial charge in [-0.05, 0) is 24.3 Å². The minimum absolute atomic E-state index is 0. The van der Waals surface area contributed by atoms with Crippen LogP contribution in [0.4, 0.5) is 11.6 Å². The first-order valence-corrected chi connectivity index (χ1v) is 13.9. The summed E-state index contributed by atoms with van der Waals surface area (Å²) in [6.07, 6.45) is 0. The zero-order valence-electron chi connectivity index (χ0n) is 24.2. The Bertz CT molecular complexity index is 1680. The van der Waals surface area contributed by atoms with Crippen molar-refractivity contribution in [2.45, 2.75) is 0 Å². The molecule has 13 nitrogen and oxygen atoms in total. The molecule has 14 heteroatoms. The number of hydrogen-bond donors (Lipinski definition) is 5. The predicted molar refractivity (Wildman–Crippen MR) is 175 cm³/mol. The average molecular weight is 633 g/mol. The maximum Gasteiger partial charge on any atom is 0.275 e. The molecule has 8 N–H and O–H groups in total. The van der Waals surface area contributed by atoms with Crippen LogP contribution in [0.15, 0.2) is 72.8 Å². The van der Waals surface area contributed by atoms with Crippen molar-refractivity contribution in [2.75, 3.05) is 50.1 Å². The van der Waals surface area contributed by atoms with Gasteiger partial charge < -0.3 is 42.0 Å². The van der Waals surface area contributed by atoms with Crippen LogP contribution in [-0.2, 0) is 0 Å². The number of ether oxygens (including phenoxy) is 3. The molecule has 3 aromatic heterocycles. The van der Waals surface area contributed by atoms with Crippen LogP contribution in [0.2, 0.25) is 0 Å². The van der Waals surface area contributed by atoms with Crippen LogP contribution in [0.3, 0.4) is 0 Å². The van der Waals surface area contributed by atoms with Gasteiger partial charge in [0.2, 0.25) is 0 Å². The molecule has 0 aliphatic rings. The number of nitrogens with two attached hydrogens (primary N) is 3. The number of nitrogens with one attached hydrogen (secondary N) is 2. The Morgan fingerprint density at radius 2 is 1.02 bits per heavy atom. The van der Waals surface area contributed by atoms with Crippen LogP contribution in [0.5, 0.6) is 17.2 Å². The van der Waals surface area contributed by atoms with Gasteiger partial charge in [0.25, 0.3) is 11.8 Å². The molecule has 0 saturated heterocycles. The standard InChI is InChI=1S/C31H32N8O5.ClH/c32-9-12-42-19-15-24(30(40)38-28-17-26(43-13-10-33)20-5-1-3-7-22(20)36-28)35-25(16-19)31(41)39-29-18-27(44-14-11-34)21-6-2-4-8-23(21)37-29;/h1-8,15-18H,9-14,32-34H2,(H,36,38,40)(H,37,39,41);1H. The molecule has 0 spiro atoms. The molecular formula is C31H33ClN8O5. The number of benzene rings is 2. The van der Waals surface area contributed by atoms with E-state index in [1.165, 1.54) is 12.1 Å². The molecule has 2 amide bonds. The van der Waals surface area contributed by atoms with Crippen molar-refractivity contribution in [2.24, 2.45) is 17.2 Å². The van der Waals surface area contributed by atoms with E-state index in [4.69, 9.17) is 31.4 Å². The summed E-state index contributed by atoms with van der Waals surface area (Å²) in [7, 11) is 0. The molecule has 2 aromatic carbocycles. The lowest BCUT2D eigenvalue weighted by atomic mass is 10.2. The number of nitrogens with zero attached hydrogens (tertiary/aromatic N) is 3. The topological polar surface area (TPSA) is 203 Å². The van der Waals surface area contributed by atoms with Crippen LogP contribution in [0, 0.1) is 0 Å². The fourth-order valence-corrected chi connectivity index (χ4v) is 4.35. The van der Waals surface area contributed by atoms with E-state index in [1.807, 2.05) is 36.4 Å². The number of carbonyl (C=O) groups is 2. The van der Waals surface area contributed by atoms with Gasteiger partial charge in [0.15, 0.2) is 0 Å². The maximum absolute atomic E-state index is 13.4. The number of amides is 2. The summed E-state index contributed by atoms with van der Waals surface area (Å²) in [5.41, 5.74) is 17.9. The lowest BCUT2D eigenvalue weighted by Gasteiger charge is -2.13. The molecule has 3 heterocycles. The van der Waals surface area contributed by atoms with E-state index < -0.39 is 11.8 Å². The Balaban J connectivity index is 0.00000461. The lowest BCUT2D eigenvalue weighted by Crippen LogP contribution is -2.20. The van der Waals surface area contributed by atoms with Gasteiger partial charge in [-0.15, -0.1) is 12.4 Å². The summed E-state index contributed by atoms with van der Waals surface area (Å²) in [4.78, 5) is 40.2. The van der Waals surface area contributed by atoms with E-state index in [0.717, 1.165) is 10.8 Å². The van der Waals surface area contributed by atoms with E-state index in [1.54, 1.807) is 24.3 Å². The first kappa shape index (κ1) is 32.8. The van der Waals surface area contributed by atoms with Crippen molar-refractivity contribution >= 4 is 57.7 Å². The Kier molecular flexibility index (Phi) is 11.4. The number of halogens is 1. The summed E-state index contributed by atoms with van der Waals surface area (Å²) in [6, 6.07) is 20.8. The molecule has 0 bridgehead atoms. The highest BCUT2D eigenvalue weighted by Crippen LogP contribution is 2.29. The number of para-hydroxylation sites is 2. The maximum atomic E-state index is 13.4. The minimum atomic E-state index is -0.619. The summed E-state index contributed by atoms with van der Waals surface area (Å²) in [5.74, 6) is 0.485. The molecule has 0 aliphatic heterocycles. The Hall–Kier alpha value is -5.08. The first-order chi connectivity index (χ1) is 21.5. The van der Waals surface area contributed by atoms with Gasteiger partial charge >= 0.3 is 0 Å². The summed E-state index contributed by atoms with van der Waals surface area (Å²) in [6.45, 7) is 1.60. The third kappa shape index (κ3) is 8.10. The second kappa shape index (κ2) is 15.6. The highest BCUT2D eigenvalue weighted by Gasteiger charge is 2.19. The molecule has 5 rings (SSSR count). The van der Waals surface area contributed by atoms with Crippen molar-refractivity contribution in [3.63, 3.8) is 0 Å². The van der Waals surface area contributed by atoms with Crippen LogP contribution in [0.25, 0.3) is 21.8 Å². The molecule has 234 valence electrons. The number of anilines is 2. The van der Waals surface area contributed by atoms with Gasteiger partial charge in [-0.3, -0.25) is 9.59 Å².